The van der Waals surface area contributed by atoms with Crippen molar-refractivity contribution in [1.29, 1.82) is 0 Å². The predicted molar refractivity (Wildman–Crippen MR) is 102 cm³/mol. The molecule has 0 saturated heterocycles. The Morgan fingerprint density at radius 2 is 1.96 bits per heavy atom. The lowest BCUT2D eigenvalue weighted by Crippen LogP contribution is -2.51. The molecule has 0 amide bonds. The third-order valence-electron chi connectivity index (χ3n) is 7.41. The number of aliphatic hydroxyl groups excluding tert-OH is 1. The van der Waals surface area contributed by atoms with Gasteiger partial charge in [-0.15, -0.1) is 0 Å². The zero-order valence-electron chi connectivity index (χ0n) is 16.0. The van der Waals surface area contributed by atoms with Crippen molar-refractivity contribution in [3.63, 3.8) is 0 Å². The summed E-state index contributed by atoms with van der Waals surface area (Å²) in [5, 5.41) is 15.7. The summed E-state index contributed by atoms with van der Waals surface area (Å²) >= 11 is 0. The van der Waals surface area contributed by atoms with Crippen LogP contribution in [-0.4, -0.2) is 26.7 Å². The molecule has 0 spiro atoms. The fourth-order valence-electron chi connectivity index (χ4n) is 6.09. The van der Waals surface area contributed by atoms with Gasteiger partial charge in [-0.25, -0.2) is 0 Å². The van der Waals surface area contributed by atoms with Crippen LogP contribution in [0.15, 0.2) is 12.1 Å². The molecular formula is C20H29NO5S. The van der Waals surface area contributed by atoms with Crippen LogP contribution in [0.25, 0.3) is 0 Å². The van der Waals surface area contributed by atoms with Gasteiger partial charge in [0.2, 0.25) is 0 Å². The molecule has 0 heterocycles. The minimum absolute atomic E-state index is 0.0255. The number of hydrogen-bond acceptors (Lipinski definition) is 5. The van der Waals surface area contributed by atoms with E-state index in [-0.39, 0.29) is 17.3 Å². The molecule has 6 nitrogen and oxygen atoms in total. The molecule has 0 aliphatic heterocycles. The Morgan fingerprint density at radius 3 is 2.67 bits per heavy atom. The molecule has 7 heteroatoms. The zero-order valence-corrected chi connectivity index (χ0v) is 16.8. The van der Waals surface area contributed by atoms with Crippen molar-refractivity contribution in [2.75, 3.05) is 7.11 Å². The number of fused-ring (bicyclic) bond motifs is 5. The molecule has 1 aromatic carbocycles. The van der Waals surface area contributed by atoms with Crippen LogP contribution in [0.1, 0.15) is 62.5 Å². The van der Waals surface area contributed by atoms with E-state index in [1.165, 1.54) is 19.1 Å². The molecule has 3 aliphatic carbocycles. The van der Waals surface area contributed by atoms with Crippen molar-refractivity contribution in [3.05, 3.63) is 23.3 Å². The largest absolute Gasteiger partial charge is 0.493 e. The first kappa shape index (κ1) is 19.0. The van der Waals surface area contributed by atoms with Crippen molar-refractivity contribution in [2.45, 2.75) is 63.9 Å². The number of hydrogen-bond donors (Lipinski definition) is 2. The van der Waals surface area contributed by atoms with E-state index < -0.39 is 10.3 Å². The minimum Gasteiger partial charge on any atom is -0.493 e. The first-order chi connectivity index (χ1) is 12.7. The number of ether oxygens (including phenoxy) is 1. The summed E-state index contributed by atoms with van der Waals surface area (Å²) < 4.78 is 33.1. The Kier molecular flexibility index (Phi) is 4.68. The topological polar surface area (TPSA) is 98.9 Å². The Labute approximate surface area is 161 Å². The Balaban J connectivity index is 1.70. The molecule has 5 atom stereocenters. The van der Waals surface area contributed by atoms with Crippen LogP contribution in [0.2, 0.25) is 0 Å². The predicted octanol–water partition coefficient (Wildman–Crippen LogP) is 2.88. The number of benzene rings is 1. The van der Waals surface area contributed by atoms with Crippen molar-refractivity contribution < 1.29 is 22.4 Å². The van der Waals surface area contributed by atoms with E-state index in [1.807, 2.05) is 6.07 Å². The van der Waals surface area contributed by atoms with Gasteiger partial charge in [-0.05, 0) is 85.0 Å². The quantitative estimate of drug-likeness (QED) is 0.820. The van der Waals surface area contributed by atoms with E-state index in [1.54, 1.807) is 6.07 Å². The first-order valence-corrected chi connectivity index (χ1v) is 11.3. The minimum atomic E-state index is -4.10. The highest BCUT2D eigenvalue weighted by molar-refractivity contribution is 7.84. The number of aryl methyl sites for hydroxylation is 1. The van der Waals surface area contributed by atoms with Gasteiger partial charge >= 0.3 is 10.3 Å². The van der Waals surface area contributed by atoms with Crippen molar-refractivity contribution in [1.82, 2.24) is 0 Å². The summed E-state index contributed by atoms with van der Waals surface area (Å²) in [4.78, 5) is 0. The molecule has 2 saturated carbocycles. The normalized spacial score (nSPS) is 35.6. The lowest BCUT2D eigenvalue weighted by atomic mass is 9.50. The molecule has 3 N–H and O–H groups in total. The molecule has 3 aliphatic rings. The van der Waals surface area contributed by atoms with Gasteiger partial charge in [0.05, 0.1) is 13.2 Å². The van der Waals surface area contributed by atoms with Crippen LogP contribution < -0.4 is 14.1 Å². The van der Waals surface area contributed by atoms with Crippen LogP contribution in [0.5, 0.6) is 11.5 Å². The Hall–Kier alpha value is -1.31. The third kappa shape index (κ3) is 3.23. The third-order valence-corrected chi connectivity index (χ3v) is 7.82. The maximum Gasteiger partial charge on any atom is 0.380 e. The summed E-state index contributed by atoms with van der Waals surface area (Å²) in [6.07, 6.45) is 7.02. The van der Waals surface area contributed by atoms with E-state index in [0.29, 0.717) is 23.5 Å². The summed E-state index contributed by atoms with van der Waals surface area (Å²) in [6, 6.07) is 3.72. The van der Waals surface area contributed by atoms with Crippen LogP contribution in [0.3, 0.4) is 0 Å². The molecule has 0 aromatic heterocycles. The SMILES string of the molecule is COc1cc2c(cc1OS(N)(=O)=O)CC[C@@H]1[C@@H]2CC[C@]2(C)C(O)CCC[C@@H]12. The molecule has 4 rings (SSSR count). The van der Waals surface area contributed by atoms with Crippen LogP contribution in [-0.2, 0) is 16.7 Å². The molecule has 1 unspecified atom stereocenters. The van der Waals surface area contributed by atoms with Gasteiger partial charge in [-0.3, -0.25) is 0 Å². The number of aliphatic hydroxyl groups is 1. The highest BCUT2D eigenvalue weighted by Gasteiger charge is 2.52. The summed E-state index contributed by atoms with van der Waals surface area (Å²) in [5.74, 6) is 2.08. The lowest BCUT2D eigenvalue weighted by molar-refractivity contribution is -0.0976. The molecule has 150 valence electrons. The van der Waals surface area contributed by atoms with Gasteiger partial charge in [0.15, 0.2) is 11.5 Å². The van der Waals surface area contributed by atoms with E-state index in [9.17, 15) is 13.5 Å². The zero-order chi connectivity index (χ0) is 19.4. The molecule has 2 fully saturated rings. The van der Waals surface area contributed by atoms with E-state index in [4.69, 9.17) is 14.1 Å². The standard InChI is InChI=1S/C20H29NO5S/c1-20-9-8-13-14(16(20)4-3-5-19(20)22)7-6-12-10-18(26-27(21,23)24)17(25-2)11-15(12)13/h10-11,13-14,16,19,22H,3-9H2,1-2H3,(H2,21,23,24)/t13-,14+,16-,19?,20-/m0/s1. The van der Waals surface area contributed by atoms with Gasteiger partial charge in [0, 0.05) is 0 Å². The first-order valence-electron chi connectivity index (χ1n) is 9.84. The van der Waals surface area contributed by atoms with Crippen molar-refractivity contribution in [3.8, 4) is 11.5 Å². The summed E-state index contributed by atoms with van der Waals surface area (Å²) in [7, 11) is -2.59. The van der Waals surface area contributed by atoms with Gasteiger partial charge in [0.1, 0.15) is 0 Å². The molecular weight excluding hydrogens is 366 g/mol. The second-order valence-corrected chi connectivity index (χ2v) is 9.84. The van der Waals surface area contributed by atoms with Gasteiger partial charge in [-0.2, -0.15) is 13.6 Å². The molecule has 0 bridgehead atoms. The number of methoxy groups -OCH3 is 1. The van der Waals surface area contributed by atoms with Crippen LogP contribution >= 0.6 is 0 Å². The van der Waals surface area contributed by atoms with Crippen LogP contribution in [0, 0.1) is 17.3 Å². The molecule has 27 heavy (non-hydrogen) atoms. The Bertz CT molecular complexity index is 839. The summed E-state index contributed by atoms with van der Waals surface area (Å²) in [5.41, 5.74) is 2.39. The maximum absolute atomic E-state index is 11.4. The average Bonchev–Trinajstić information content (AvgIpc) is 2.60. The smallest absolute Gasteiger partial charge is 0.380 e. The van der Waals surface area contributed by atoms with Crippen LogP contribution in [0.4, 0.5) is 0 Å². The van der Waals surface area contributed by atoms with Crippen molar-refractivity contribution in [2.24, 2.45) is 22.4 Å². The van der Waals surface area contributed by atoms with Gasteiger partial charge in [-0.1, -0.05) is 13.3 Å². The molecule has 1 aromatic rings. The maximum atomic E-state index is 11.4. The fourth-order valence-corrected chi connectivity index (χ4v) is 6.47. The monoisotopic (exact) mass is 395 g/mol. The second-order valence-electron chi connectivity index (χ2n) is 8.68. The van der Waals surface area contributed by atoms with Crippen molar-refractivity contribution >= 4 is 10.3 Å². The van der Waals surface area contributed by atoms with Gasteiger partial charge < -0.3 is 14.0 Å². The van der Waals surface area contributed by atoms with Gasteiger partial charge in [0.25, 0.3) is 0 Å². The number of rotatable bonds is 3. The number of nitrogens with two attached hydrogens (primary N) is 1. The van der Waals surface area contributed by atoms with E-state index in [0.717, 1.165) is 44.1 Å². The van der Waals surface area contributed by atoms with E-state index >= 15 is 0 Å². The highest BCUT2D eigenvalue weighted by Crippen LogP contribution is 2.60. The Morgan fingerprint density at radius 1 is 1.19 bits per heavy atom. The second kappa shape index (κ2) is 6.64. The van der Waals surface area contributed by atoms with E-state index in [2.05, 4.69) is 6.92 Å². The highest BCUT2D eigenvalue weighted by atomic mass is 32.2. The average molecular weight is 396 g/mol. The lowest BCUT2D eigenvalue weighted by Gasteiger charge is -2.56. The fraction of sp³-hybridized carbons (Fsp3) is 0.700. The summed E-state index contributed by atoms with van der Waals surface area (Å²) in [6.45, 7) is 2.27. The molecule has 0 radical (unpaired) electrons.